The summed E-state index contributed by atoms with van der Waals surface area (Å²) in [6, 6.07) is 6.40. The van der Waals surface area contributed by atoms with E-state index in [1.165, 1.54) is 12.1 Å². The lowest BCUT2D eigenvalue weighted by Crippen LogP contribution is -2.34. The van der Waals surface area contributed by atoms with E-state index in [-0.39, 0.29) is 5.69 Å². The van der Waals surface area contributed by atoms with Gasteiger partial charge in [0.2, 0.25) is 0 Å². The van der Waals surface area contributed by atoms with E-state index in [1.54, 1.807) is 23.9 Å². The van der Waals surface area contributed by atoms with Gasteiger partial charge in [0.15, 0.2) is 0 Å². The van der Waals surface area contributed by atoms with Gasteiger partial charge in [-0.25, -0.2) is 0 Å². The quantitative estimate of drug-likeness (QED) is 0.566. The molecule has 1 rings (SSSR count). The van der Waals surface area contributed by atoms with Gasteiger partial charge in [0.05, 0.1) is 11.0 Å². The molecule has 6 heteroatoms. The summed E-state index contributed by atoms with van der Waals surface area (Å²) in [6.45, 7) is 2.56. The van der Waals surface area contributed by atoms with Crippen molar-refractivity contribution in [1.29, 1.82) is 0 Å². The Kier molecular flexibility index (Phi) is 6.83. The lowest BCUT2D eigenvalue weighted by Gasteiger charge is -2.18. The van der Waals surface area contributed by atoms with Crippen LogP contribution < -0.4 is 5.32 Å². The normalized spacial score (nSPS) is 14.1. The van der Waals surface area contributed by atoms with E-state index in [2.05, 4.69) is 18.5 Å². The zero-order chi connectivity index (χ0) is 14.3. The zero-order valence-electron chi connectivity index (χ0n) is 11.2. The van der Waals surface area contributed by atoms with Crippen LogP contribution in [0.3, 0.4) is 0 Å². The number of non-ortho nitro benzene ring substituents is 1. The Bertz CT molecular complexity index is 397. The molecule has 0 bridgehead atoms. The van der Waals surface area contributed by atoms with E-state index in [4.69, 9.17) is 0 Å². The Morgan fingerprint density at radius 2 is 2.05 bits per heavy atom. The van der Waals surface area contributed by atoms with Crippen LogP contribution in [0.15, 0.2) is 24.3 Å². The summed E-state index contributed by atoms with van der Waals surface area (Å²) in [5.74, 6) is 1.00. The molecule has 1 aromatic rings. The number of aliphatic hydroxyl groups excluding tert-OH is 1. The van der Waals surface area contributed by atoms with Crippen molar-refractivity contribution in [2.75, 3.05) is 18.6 Å². The summed E-state index contributed by atoms with van der Waals surface area (Å²) in [4.78, 5) is 10.1. The third-order valence-corrected chi connectivity index (χ3v) is 3.68. The first kappa shape index (κ1) is 15.9. The Hall–Kier alpha value is -1.11. The Morgan fingerprint density at radius 3 is 2.53 bits per heavy atom. The molecule has 0 amide bonds. The third kappa shape index (κ3) is 5.18. The predicted molar refractivity (Wildman–Crippen MR) is 78.5 cm³/mol. The van der Waals surface area contributed by atoms with E-state index < -0.39 is 11.0 Å². The molecule has 5 nitrogen and oxygen atoms in total. The summed E-state index contributed by atoms with van der Waals surface area (Å²) in [5.41, 5.74) is 0.731. The number of nitrogens with one attached hydrogen (secondary N) is 1. The SMILES string of the molecule is CCC(CSC)NCC(O)c1ccc([N+](=O)[O-])cc1. The number of benzene rings is 1. The number of nitrogens with zero attached hydrogens (tertiary/aromatic N) is 1. The van der Waals surface area contributed by atoms with Crippen molar-refractivity contribution < 1.29 is 10.0 Å². The molecule has 0 saturated carbocycles. The first-order valence-corrected chi connectivity index (χ1v) is 7.62. The van der Waals surface area contributed by atoms with Crippen LogP contribution in [0.4, 0.5) is 5.69 Å². The molecule has 1 aromatic carbocycles. The molecule has 2 unspecified atom stereocenters. The van der Waals surface area contributed by atoms with Gasteiger partial charge in [0, 0.05) is 30.5 Å². The number of aliphatic hydroxyl groups is 1. The first-order valence-electron chi connectivity index (χ1n) is 6.23. The average molecular weight is 284 g/mol. The molecule has 0 aromatic heterocycles. The molecule has 19 heavy (non-hydrogen) atoms. The lowest BCUT2D eigenvalue weighted by atomic mass is 10.1. The Balaban J connectivity index is 2.53. The summed E-state index contributed by atoms with van der Waals surface area (Å²) in [6.07, 6.45) is 2.42. The van der Waals surface area contributed by atoms with E-state index >= 15 is 0 Å². The number of thioether (sulfide) groups is 1. The van der Waals surface area contributed by atoms with E-state index in [1.807, 2.05) is 0 Å². The molecule has 0 saturated heterocycles. The van der Waals surface area contributed by atoms with Crippen LogP contribution in [0, 0.1) is 10.1 Å². The highest BCUT2D eigenvalue weighted by atomic mass is 32.2. The summed E-state index contributed by atoms with van der Waals surface area (Å²) in [7, 11) is 0. The fourth-order valence-corrected chi connectivity index (χ4v) is 2.49. The summed E-state index contributed by atoms with van der Waals surface area (Å²) >= 11 is 1.77. The second-order valence-electron chi connectivity index (χ2n) is 4.33. The maximum atomic E-state index is 10.5. The summed E-state index contributed by atoms with van der Waals surface area (Å²) in [5, 5.41) is 23.9. The fourth-order valence-electron chi connectivity index (χ4n) is 1.74. The molecule has 0 aliphatic heterocycles. The van der Waals surface area contributed by atoms with E-state index in [0.717, 1.165) is 12.2 Å². The van der Waals surface area contributed by atoms with Gasteiger partial charge < -0.3 is 10.4 Å². The monoisotopic (exact) mass is 284 g/mol. The maximum Gasteiger partial charge on any atom is 0.269 e. The fraction of sp³-hybridized carbons (Fsp3) is 0.538. The van der Waals surface area contributed by atoms with Gasteiger partial charge in [-0.15, -0.1) is 0 Å². The van der Waals surface area contributed by atoms with Crippen molar-refractivity contribution >= 4 is 17.4 Å². The molecule has 0 heterocycles. The minimum Gasteiger partial charge on any atom is -0.387 e. The standard InChI is InChI=1S/C13H20N2O3S/c1-3-11(9-19-2)14-8-13(16)10-4-6-12(7-5-10)15(17)18/h4-7,11,13-14,16H,3,8-9H2,1-2H3. The van der Waals surface area contributed by atoms with Gasteiger partial charge in [0.1, 0.15) is 0 Å². The highest BCUT2D eigenvalue weighted by Crippen LogP contribution is 2.17. The molecule has 0 radical (unpaired) electrons. The minimum absolute atomic E-state index is 0.0396. The van der Waals surface area contributed by atoms with Crippen LogP contribution >= 0.6 is 11.8 Å². The molecule has 2 N–H and O–H groups in total. The molecule has 106 valence electrons. The largest absolute Gasteiger partial charge is 0.387 e. The van der Waals surface area contributed by atoms with Gasteiger partial charge in [0.25, 0.3) is 5.69 Å². The second-order valence-corrected chi connectivity index (χ2v) is 5.24. The van der Waals surface area contributed by atoms with Crippen molar-refractivity contribution in [3.63, 3.8) is 0 Å². The van der Waals surface area contributed by atoms with Crippen molar-refractivity contribution in [2.45, 2.75) is 25.5 Å². The van der Waals surface area contributed by atoms with Crippen LogP contribution in [0.2, 0.25) is 0 Å². The van der Waals surface area contributed by atoms with E-state index in [0.29, 0.717) is 18.2 Å². The number of nitro groups is 1. The molecule has 0 aliphatic rings. The maximum absolute atomic E-state index is 10.5. The Labute approximate surface area is 117 Å². The summed E-state index contributed by atoms with van der Waals surface area (Å²) < 4.78 is 0. The van der Waals surface area contributed by atoms with Gasteiger partial charge in [-0.3, -0.25) is 10.1 Å². The predicted octanol–water partition coefficient (Wildman–Crippen LogP) is 2.36. The number of hydrogen-bond acceptors (Lipinski definition) is 5. The van der Waals surface area contributed by atoms with Crippen molar-refractivity contribution in [1.82, 2.24) is 5.32 Å². The molecule has 0 fully saturated rings. The smallest absolute Gasteiger partial charge is 0.269 e. The average Bonchev–Trinajstić information content (AvgIpc) is 2.43. The van der Waals surface area contributed by atoms with Gasteiger partial charge in [-0.2, -0.15) is 11.8 Å². The number of rotatable bonds is 8. The van der Waals surface area contributed by atoms with Crippen molar-refractivity contribution in [3.8, 4) is 0 Å². The van der Waals surface area contributed by atoms with Crippen molar-refractivity contribution in [2.24, 2.45) is 0 Å². The number of nitro benzene ring substituents is 1. The minimum atomic E-state index is -0.642. The van der Waals surface area contributed by atoms with Gasteiger partial charge in [-0.05, 0) is 30.4 Å². The molecular weight excluding hydrogens is 264 g/mol. The van der Waals surface area contributed by atoms with Gasteiger partial charge >= 0.3 is 0 Å². The third-order valence-electron chi connectivity index (χ3n) is 2.95. The molecule has 2 atom stereocenters. The van der Waals surface area contributed by atoms with E-state index in [9.17, 15) is 15.2 Å². The van der Waals surface area contributed by atoms with Crippen LogP contribution in [0.5, 0.6) is 0 Å². The molecule has 0 aliphatic carbocycles. The topological polar surface area (TPSA) is 75.4 Å². The molecular formula is C13H20N2O3S. The van der Waals surface area contributed by atoms with Gasteiger partial charge in [-0.1, -0.05) is 6.92 Å². The van der Waals surface area contributed by atoms with Crippen molar-refractivity contribution in [3.05, 3.63) is 39.9 Å². The zero-order valence-corrected chi connectivity index (χ0v) is 12.0. The number of hydrogen-bond donors (Lipinski definition) is 2. The van der Waals surface area contributed by atoms with Crippen LogP contribution in [-0.4, -0.2) is 34.6 Å². The first-order chi connectivity index (χ1) is 9.08. The molecule has 0 spiro atoms. The highest BCUT2D eigenvalue weighted by Gasteiger charge is 2.12. The lowest BCUT2D eigenvalue weighted by molar-refractivity contribution is -0.384. The second kappa shape index (κ2) is 8.14. The Morgan fingerprint density at radius 1 is 1.42 bits per heavy atom. The van der Waals surface area contributed by atoms with Crippen LogP contribution in [0.1, 0.15) is 25.0 Å². The van der Waals surface area contributed by atoms with Crippen LogP contribution in [-0.2, 0) is 0 Å². The van der Waals surface area contributed by atoms with Crippen LogP contribution in [0.25, 0.3) is 0 Å². The highest BCUT2D eigenvalue weighted by molar-refractivity contribution is 7.98.